The highest BCUT2D eigenvalue weighted by Gasteiger charge is 2.21. The Morgan fingerprint density at radius 3 is 2.93 bits per heavy atom. The molecule has 1 rings (SSSR count). The van der Waals surface area contributed by atoms with E-state index in [1.54, 1.807) is 6.92 Å². The van der Waals surface area contributed by atoms with E-state index in [9.17, 15) is 14.9 Å². The van der Waals surface area contributed by atoms with E-state index < -0.39 is 17.4 Å². The van der Waals surface area contributed by atoms with Gasteiger partial charge in [0.15, 0.2) is 0 Å². The Balaban J connectivity index is 2.97. The molecule has 15 heavy (non-hydrogen) atoms. The molecule has 0 amide bonds. The molecule has 8 nitrogen and oxygen atoms in total. The van der Waals surface area contributed by atoms with Gasteiger partial charge in [0.1, 0.15) is 12.7 Å². The van der Waals surface area contributed by atoms with E-state index >= 15 is 0 Å². The van der Waals surface area contributed by atoms with E-state index in [0.717, 1.165) is 10.9 Å². The topological polar surface area (TPSA) is 107 Å². The van der Waals surface area contributed by atoms with E-state index in [-0.39, 0.29) is 18.2 Å². The number of hydrogen-bond acceptors (Lipinski definition) is 5. The van der Waals surface area contributed by atoms with Gasteiger partial charge in [0.25, 0.3) is 0 Å². The molecule has 0 bridgehead atoms. The second-order valence-electron chi connectivity index (χ2n) is 2.60. The second-order valence-corrected chi connectivity index (χ2v) is 2.60. The van der Waals surface area contributed by atoms with Crippen molar-refractivity contribution in [3.05, 3.63) is 16.3 Å². The third-order valence-electron chi connectivity index (χ3n) is 1.48. The van der Waals surface area contributed by atoms with Crippen molar-refractivity contribution < 1.29 is 19.6 Å². The molecular formula is C7H9N3O5. The van der Waals surface area contributed by atoms with Crippen LogP contribution in [0.2, 0.25) is 0 Å². The Hall–Kier alpha value is -2.12. The molecule has 1 N–H and O–H groups in total. The number of rotatable bonds is 5. The van der Waals surface area contributed by atoms with Crippen molar-refractivity contribution in [1.29, 1.82) is 0 Å². The van der Waals surface area contributed by atoms with Crippen molar-refractivity contribution in [3.63, 3.8) is 0 Å². The average molecular weight is 215 g/mol. The zero-order valence-electron chi connectivity index (χ0n) is 7.91. The van der Waals surface area contributed by atoms with Crippen LogP contribution in [0.15, 0.2) is 6.20 Å². The summed E-state index contributed by atoms with van der Waals surface area (Å²) in [4.78, 5) is 20.2. The van der Waals surface area contributed by atoms with Crippen LogP contribution in [0.25, 0.3) is 0 Å². The first-order chi connectivity index (χ1) is 7.04. The number of aliphatic carboxylic acids is 1. The fourth-order valence-corrected chi connectivity index (χ4v) is 0.977. The maximum Gasteiger partial charge on any atom is 0.350 e. The number of nitrogens with zero attached hydrogens (tertiary/aromatic N) is 3. The number of carbonyl (C=O) groups is 1. The van der Waals surface area contributed by atoms with Crippen LogP contribution in [0, 0.1) is 10.1 Å². The van der Waals surface area contributed by atoms with E-state index in [1.807, 2.05) is 0 Å². The molecule has 0 radical (unpaired) electrons. The highest BCUT2D eigenvalue weighted by atomic mass is 16.6. The molecule has 0 aliphatic heterocycles. The maximum atomic E-state index is 10.5. The molecule has 0 aliphatic carbocycles. The fraction of sp³-hybridized carbons (Fsp3) is 0.429. The number of aromatic nitrogens is 2. The summed E-state index contributed by atoms with van der Waals surface area (Å²) in [6.07, 6.45) is 1.03. The lowest BCUT2D eigenvalue weighted by Gasteiger charge is -1.95. The van der Waals surface area contributed by atoms with Crippen LogP contribution >= 0.6 is 0 Å². The van der Waals surface area contributed by atoms with Gasteiger partial charge >= 0.3 is 17.5 Å². The minimum atomic E-state index is -1.13. The van der Waals surface area contributed by atoms with Gasteiger partial charge in [-0.1, -0.05) is 0 Å². The number of carboxylic acid groups (broad SMARTS) is 1. The van der Waals surface area contributed by atoms with Gasteiger partial charge in [-0.05, 0) is 6.92 Å². The molecule has 0 atom stereocenters. The summed E-state index contributed by atoms with van der Waals surface area (Å²) in [7, 11) is 0. The van der Waals surface area contributed by atoms with Gasteiger partial charge in [0.05, 0.1) is 11.5 Å². The zero-order chi connectivity index (χ0) is 11.4. The average Bonchev–Trinajstić information content (AvgIpc) is 2.47. The van der Waals surface area contributed by atoms with Crippen molar-refractivity contribution >= 4 is 11.7 Å². The summed E-state index contributed by atoms with van der Waals surface area (Å²) < 4.78 is 5.84. The molecule has 0 unspecified atom stereocenters. The Labute approximate surface area is 84.2 Å². The monoisotopic (exact) mass is 215 g/mol. The van der Waals surface area contributed by atoms with Crippen LogP contribution in [-0.4, -0.2) is 32.4 Å². The summed E-state index contributed by atoms with van der Waals surface area (Å²) in [6, 6.07) is 0. The Kier molecular flexibility index (Phi) is 3.21. The van der Waals surface area contributed by atoms with Crippen molar-refractivity contribution in [3.8, 4) is 5.88 Å². The van der Waals surface area contributed by atoms with Gasteiger partial charge in [-0.3, -0.25) is 19.6 Å². The highest BCUT2D eigenvalue weighted by Crippen LogP contribution is 2.24. The van der Waals surface area contributed by atoms with Crippen LogP contribution in [-0.2, 0) is 11.3 Å². The van der Waals surface area contributed by atoms with Crippen molar-refractivity contribution in [2.75, 3.05) is 6.61 Å². The number of nitro groups is 1. The third-order valence-corrected chi connectivity index (χ3v) is 1.48. The molecule has 0 saturated heterocycles. The Bertz CT molecular complexity index is 386. The first kappa shape index (κ1) is 11.0. The lowest BCUT2D eigenvalue weighted by atomic mass is 10.5. The number of hydrogen-bond donors (Lipinski definition) is 1. The van der Waals surface area contributed by atoms with E-state index in [4.69, 9.17) is 9.84 Å². The van der Waals surface area contributed by atoms with Gasteiger partial charge in [-0.25, -0.2) is 0 Å². The second kappa shape index (κ2) is 4.40. The van der Waals surface area contributed by atoms with Crippen LogP contribution in [0.5, 0.6) is 5.88 Å². The fourth-order valence-electron chi connectivity index (χ4n) is 0.977. The van der Waals surface area contributed by atoms with Gasteiger partial charge in [0, 0.05) is 0 Å². The molecule has 1 aromatic heterocycles. The predicted molar refractivity (Wildman–Crippen MR) is 47.7 cm³/mol. The number of carboxylic acids is 1. The molecule has 0 spiro atoms. The van der Waals surface area contributed by atoms with Crippen LogP contribution in [0.3, 0.4) is 0 Å². The standard InChI is InChI=1S/C7H9N3O5/c1-2-15-7-5(10(13)14)3-9(8-7)4-6(11)12/h3H,2,4H2,1H3,(H,11,12). The minimum absolute atomic E-state index is 0.163. The maximum absolute atomic E-state index is 10.5. The molecule has 0 saturated carbocycles. The number of ether oxygens (including phenoxy) is 1. The predicted octanol–water partition coefficient (Wildman–Crippen LogP) is 0.275. The summed E-state index contributed by atoms with van der Waals surface area (Å²) in [6.45, 7) is 1.44. The van der Waals surface area contributed by atoms with Crippen LogP contribution in [0.1, 0.15) is 6.92 Å². The first-order valence-corrected chi connectivity index (χ1v) is 4.11. The molecule has 0 aliphatic rings. The minimum Gasteiger partial charge on any atom is -0.480 e. The summed E-state index contributed by atoms with van der Waals surface area (Å²) in [5, 5.41) is 22.6. The van der Waals surface area contributed by atoms with Gasteiger partial charge < -0.3 is 9.84 Å². The quantitative estimate of drug-likeness (QED) is 0.558. The summed E-state index contributed by atoms with van der Waals surface area (Å²) >= 11 is 0. The molecule has 0 aromatic carbocycles. The SMILES string of the molecule is CCOc1nn(CC(=O)O)cc1[N+](=O)[O-]. The van der Waals surface area contributed by atoms with Crippen molar-refractivity contribution in [1.82, 2.24) is 9.78 Å². The molecule has 82 valence electrons. The smallest absolute Gasteiger partial charge is 0.350 e. The van der Waals surface area contributed by atoms with Crippen LogP contribution in [0.4, 0.5) is 5.69 Å². The Morgan fingerprint density at radius 2 is 2.47 bits per heavy atom. The molecule has 1 aromatic rings. The van der Waals surface area contributed by atoms with Crippen molar-refractivity contribution in [2.24, 2.45) is 0 Å². The van der Waals surface area contributed by atoms with Crippen molar-refractivity contribution in [2.45, 2.75) is 13.5 Å². The van der Waals surface area contributed by atoms with Gasteiger partial charge in [-0.15, -0.1) is 5.10 Å². The van der Waals surface area contributed by atoms with E-state index in [1.165, 1.54) is 0 Å². The summed E-state index contributed by atoms with van der Waals surface area (Å²) in [5.41, 5.74) is -0.335. The highest BCUT2D eigenvalue weighted by molar-refractivity contribution is 5.66. The molecule has 1 heterocycles. The lowest BCUT2D eigenvalue weighted by molar-refractivity contribution is -0.385. The van der Waals surface area contributed by atoms with Crippen LogP contribution < -0.4 is 4.74 Å². The largest absolute Gasteiger partial charge is 0.480 e. The van der Waals surface area contributed by atoms with E-state index in [0.29, 0.717) is 0 Å². The first-order valence-electron chi connectivity index (χ1n) is 4.11. The Morgan fingerprint density at radius 1 is 1.80 bits per heavy atom. The van der Waals surface area contributed by atoms with Gasteiger partial charge in [-0.2, -0.15) is 0 Å². The zero-order valence-corrected chi connectivity index (χ0v) is 7.91. The van der Waals surface area contributed by atoms with E-state index in [2.05, 4.69) is 5.10 Å². The lowest BCUT2D eigenvalue weighted by Crippen LogP contribution is -2.09. The third kappa shape index (κ3) is 2.66. The molecular weight excluding hydrogens is 206 g/mol. The molecule has 0 fully saturated rings. The normalized spacial score (nSPS) is 9.93. The molecule has 8 heteroatoms. The summed E-state index contributed by atoms with van der Waals surface area (Å²) in [5.74, 6) is -1.29. The van der Waals surface area contributed by atoms with Gasteiger partial charge in [0.2, 0.25) is 0 Å².